The molecular formula is C22H38N6S2. The highest BCUT2D eigenvalue weighted by Gasteiger charge is 2.04. The molecule has 0 amide bonds. The minimum Gasteiger partial charge on any atom is -0.311 e. The van der Waals surface area contributed by atoms with Crippen LogP contribution in [0.15, 0.2) is 24.3 Å². The van der Waals surface area contributed by atoms with Gasteiger partial charge in [0, 0.05) is 98.0 Å². The average Bonchev–Trinajstić information content (AvgIpc) is 3.38. The Balaban J connectivity index is 1.46. The molecule has 8 heteroatoms. The van der Waals surface area contributed by atoms with Gasteiger partial charge in [0.25, 0.3) is 0 Å². The first-order chi connectivity index (χ1) is 14.7. The SMILES string of the molecule is CN1CCNCc2ccc(s2)CNCCN(C)CCNCc2ccc(s2)CNCC1. The van der Waals surface area contributed by atoms with Crippen molar-refractivity contribution >= 4 is 22.7 Å². The molecule has 168 valence electrons. The summed E-state index contributed by atoms with van der Waals surface area (Å²) in [6, 6.07) is 9.05. The second-order valence-corrected chi connectivity index (χ2v) is 10.6. The fourth-order valence-electron chi connectivity index (χ4n) is 3.37. The predicted molar refractivity (Wildman–Crippen MR) is 130 cm³/mol. The predicted octanol–water partition coefficient (Wildman–Crippen LogP) is 1.75. The summed E-state index contributed by atoms with van der Waals surface area (Å²) in [7, 11) is 4.41. The molecule has 3 rings (SSSR count). The number of fused-ring (bicyclic) bond motifs is 4. The number of hydrogen-bond acceptors (Lipinski definition) is 8. The van der Waals surface area contributed by atoms with E-state index in [1.807, 2.05) is 22.7 Å². The fourth-order valence-corrected chi connectivity index (χ4v) is 5.29. The van der Waals surface area contributed by atoms with E-state index in [0.29, 0.717) is 0 Å². The molecule has 0 aromatic carbocycles. The maximum atomic E-state index is 3.58. The van der Waals surface area contributed by atoms with E-state index in [9.17, 15) is 0 Å². The fraction of sp³-hybridized carbons (Fsp3) is 0.636. The van der Waals surface area contributed by atoms with Crippen LogP contribution < -0.4 is 21.3 Å². The van der Waals surface area contributed by atoms with Crippen molar-refractivity contribution < 1.29 is 0 Å². The molecule has 0 spiro atoms. The quantitative estimate of drug-likeness (QED) is 0.491. The highest BCUT2D eigenvalue weighted by molar-refractivity contribution is 7.12. The van der Waals surface area contributed by atoms with Crippen molar-refractivity contribution in [2.75, 3.05) is 66.5 Å². The molecular weight excluding hydrogens is 412 g/mol. The zero-order chi connectivity index (χ0) is 21.0. The highest BCUT2D eigenvalue weighted by atomic mass is 32.1. The summed E-state index contributed by atoms with van der Waals surface area (Å²) in [6.07, 6.45) is 0. The second-order valence-electron chi connectivity index (χ2n) is 8.05. The number of hydrogen-bond donors (Lipinski definition) is 4. The Labute approximate surface area is 190 Å². The molecule has 2 aromatic rings. The smallest absolute Gasteiger partial charge is 0.0300 e. The van der Waals surface area contributed by atoms with Crippen LogP contribution in [-0.4, -0.2) is 76.3 Å². The summed E-state index contributed by atoms with van der Waals surface area (Å²) >= 11 is 3.83. The second kappa shape index (κ2) is 13.5. The van der Waals surface area contributed by atoms with Crippen LogP contribution >= 0.6 is 22.7 Å². The van der Waals surface area contributed by atoms with Crippen LogP contribution in [0.4, 0.5) is 0 Å². The van der Waals surface area contributed by atoms with E-state index in [1.165, 1.54) is 19.5 Å². The molecule has 0 atom stereocenters. The molecule has 4 bridgehead atoms. The zero-order valence-electron chi connectivity index (χ0n) is 18.5. The Bertz CT molecular complexity index is 603. The van der Waals surface area contributed by atoms with Gasteiger partial charge in [-0.3, -0.25) is 0 Å². The molecule has 30 heavy (non-hydrogen) atoms. The lowest BCUT2D eigenvalue weighted by molar-refractivity contribution is 0.329. The van der Waals surface area contributed by atoms with Gasteiger partial charge < -0.3 is 31.1 Å². The van der Waals surface area contributed by atoms with Crippen molar-refractivity contribution in [1.82, 2.24) is 31.1 Å². The van der Waals surface area contributed by atoms with Crippen LogP contribution in [0.2, 0.25) is 0 Å². The maximum Gasteiger partial charge on any atom is 0.0300 e. The van der Waals surface area contributed by atoms with Gasteiger partial charge in [-0.2, -0.15) is 0 Å². The number of nitrogens with one attached hydrogen (secondary N) is 4. The number of likely N-dealkylation sites (N-methyl/N-ethyl adjacent to an activating group) is 2. The number of thiophene rings is 2. The Kier molecular flexibility index (Phi) is 10.8. The molecule has 6 nitrogen and oxygen atoms in total. The number of rotatable bonds is 0. The Morgan fingerprint density at radius 2 is 0.800 bits per heavy atom. The molecule has 0 fully saturated rings. The van der Waals surface area contributed by atoms with Crippen molar-refractivity contribution in [3.63, 3.8) is 0 Å². The lowest BCUT2D eigenvalue weighted by Gasteiger charge is -2.17. The van der Waals surface area contributed by atoms with Gasteiger partial charge in [-0.05, 0) is 38.4 Å². The highest BCUT2D eigenvalue weighted by Crippen LogP contribution is 2.16. The van der Waals surface area contributed by atoms with E-state index >= 15 is 0 Å². The molecule has 0 aliphatic carbocycles. The third-order valence-electron chi connectivity index (χ3n) is 5.31. The van der Waals surface area contributed by atoms with Crippen LogP contribution in [0.3, 0.4) is 0 Å². The largest absolute Gasteiger partial charge is 0.311 e. The molecule has 0 radical (unpaired) electrons. The minimum absolute atomic E-state index is 0.965. The summed E-state index contributed by atoms with van der Waals surface area (Å²) < 4.78 is 0. The van der Waals surface area contributed by atoms with Gasteiger partial charge in [0.2, 0.25) is 0 Å². The molecule has 1 aliphatic rings. The van der Waals surface area contributed by atoms with Crippen molar-refractivity contribution in [3.8, 4) is 0 Å². The first-order valence-electron chi connectivity index (χ1n) is 11.0. The van der Waals surface area contributed by atoms with Crippen LogP contribution in [-0.2, 0) is 26.2 Å². The maximum absolute atomic E-state index is 3.58. The summed E-state index contributed by atoms with van der Waals surface area (Å²) in [6.45, 7) is 12.2. The van der Waals surface area contributed by atoms with E-state index in [2.05, 4.69) is 69.4 Å². The third kappa shape index (κ3) is 9.11. The van der Waals surface area contributed by atoms with Gasteiger partial charge in [0.15, 0.2) is 0 Å². The average molecular weight is 451 g/mol. The minimum atomic E-state index is 0.965. The molecule has 0 unspecified atom stereocenters. The van der Waals surface area contributed by atoms with Crippen LogP contribution in [0.5, 0.6) is 0 Å². The molecule has 0 saturated carbocycles. The Hall–Kier alpha value is -0.840. The first kappa shape index (κ1) is 23.8. The van der Waals surface area contributed by atoms with E-state index in [4.69, 9.17) is 0 Å². The van der Waals surface area contributed by atoms with Crippen molar-refractivity contribution in [1.29, 1.82) is 0 Å². The standard InChI is InChI=1S/C22H38N6S2/c1-27-11-7-23-15-19-3-5-21(29-19)17-25-9-13-28(2)14-10-26-18-22-6-4-20(30-22)16-24-8-12-27/h3-6,23-26H,7-18H2,1-2H3. The van der Waals surface area contributed by atoms with E-state index in [0.717, 1.165) is 78.5 Å². The molecule has 0 saturated heterocycles. The van der Waals surface area contributed by atoms with Crippen LogP contribution in [0.1, 0.15) is 19.5 Å². The summed E-state index contributed by atoms with van der Waals surface area (Å²) in [5.41, 5.74) is 0. The normalized spacial score (nSPS) is 20.6. The molecule has 1 aliphatic heterocycles. The van der Waals surface area contributed by atoms with Gasteiger partial charge in [-0.25, -0.2) is 0 Å². The van der Waals surface area contributed by atoms with Crippen molar-refractivity contribution in [2.45, 2.75) is 26.2 Å². The zero-order valence-corrected chi connectivity index (χ0v) is 20.1. The van der Waals surface area contributed by atoms with E-state index in [-0.39, 0.29) is 0 Å². The van der Waals surface area contributed by atoms with Crippen LogP contribution in [0.25, 0.3) is 0 Å². The molecule has 2 aromatic heterocycles. The first-order valence-corrected chi connectivity index (χ1v) is 12.7. The van der Waals surface area contributed by atoms with Gasteiger partial charge in [-0.15, -0.1) is 22.7 Å². The summed E-state index contributed by atoms with van der Waals surface area (Å²) in [5, 5.41) is 14.3. The lowest BCUT2D eigenvalue weighted by Crippen LogP contribution is -2.34. The van der Waals surface area contributed by atoms with Gasteiger partial charge in [-0.1, -0.05) is 0 Å². The van der Waals surface area contributed by atoms with Gasteiger partial charge >= 0.3 is 0 Å². The van der Waals surface area contributed by atoms with Crippen molar-refractivity contribution in [3.05, 3.63) is 43.8 Å². The molecule has 3 heterocycles. The Morgan fingerprint density at radius 3 is 1.07 bits per heavy atom. The molecule has 4 N–H and O–H groups in total. The van der Waals surface area contributed by atoms with Gasteiger partial charge in [0.05, 0.1) is 0 Å². The lowest BCUT2D eigenvalue weighted by atomic mass is 10.4. The van der Waals surface area contributed by atoms with Crippen molar-refractivity contribution in [2.24, 2.45) is 0 Å². The van der Waals surface area contributed by atoms with Gasteiger partial charge in [0.1, 0.15) is 0 Å². The monoisotopic (exact) mass is 450 g/mol. The number of nitrogens with zero attached hydrogens (tertiary/aromatic N) is 2. The van der Waals surface area contributed by atoms with E-state index in [1.54, 1.807) is 0 Å². The van der Waals surface area contributed by atoms with Crippen LogP contribution in [0, 0.1) is 0 Å². The topological polar surface area (TPSA) is 54.6 Å². The third-order valence-corrected chi connectivity index (χ3v) is 7.48. The summed E-state index contributed by atoms with van der Waals surface area (Å²) in [5.74, 6) is 0. The summed E-state index contributed by atoms with van der Waals surface area (Å²) in [4.78, 5) is 10.5. The van der Waals surface area contributed by atoms with E-state index < -0.39 is 0 Å². The Morgan fingerprint density at radius 1 is 0.533 bits per heavy atom.